The highest BCUT2D eigenvalue weighted by Crippen LogP contribution is 2.15. The van der Waals surface area contributed by atoms with Gasteiger partial charge in [-0.05, 0) is 12.3 Å². The topological polar surface area (TPSA) is 101 Å². The molecular weight excluding hydrogens is 246 g/mol. The van der Waals surface area contributed by atoms with Crippen molar-refractivity contribution in [1.82, 2.24) is 5.32 Å². The molecule has 1 rings (SSSR count). The van der Waals surface area contributed by atoms with Gasteiger partial charge < -0.3 is 10.4 Å². The van der Waals surface area contributed by atoms with Crippen molar-refractivity contribution in [3.8, 4) is 0 Å². The van der Waals surface area contributed by atoms with Gasteiger partial charge in [0.05, 0.1) is 11.5 Å². The normalized spacial score (nSPS) is 24.5. The Kier molecular flexibility index (Phi) is 4.13. The Hall–Kier alpha value is -1.11. The number of hydrogen-bond acceptors (Lipinski definition) is 4. The lowest BCUT2D eigenvalue weighted by atomic mass is 9.95. The van der Waals surface area contributed by atoms with Gasteiger partial charge in [0, 0.05) is 6.04 Å². The standard InChI is InChI=1S/C10H17NO5S/c1-6(2)8(10(13)14)9(12)11-7-3-4-17(15,16)5-7/h6-8H,3-5H2,1-2H3,(H,11,12)(H,13,14). The molecule has 0 saturated carbocycles. The van der Waals surface area contributed by atoms with E-state index in [4.69, 9.17) is 5.11 Å². The molecule has 0 radical (unpaired) electrons. The zero-order chi connectivity index (χ0) is 13.2. The third-order valence-corrected chi connectivity index (χ3v) is 4.56. The second-order valence-corrected chi connectivity index (χ2v) is 6.90. The SMILES string of the molecule is CC(C)C(C(=O)O)C(=O)NC1CCS(=O)(=O)C1. The van der Waals surface area contributed by atoms with Gasteiger partial charge in [0.25, 0.3) is 0 Å². The number of nitrogens with one attached hydrogen (secondary N) is 1. The molecule has 1 aliphatic rings. The number of amides is 1. The van der Waals surface area contributed by atoms with Gasteiger partial charge in [-0.25, -0.2) is 8.42 Å². The van der Waals surface area contributed by atoms with Gasteiger partial charge in [-0.3, -0.25) is 9.59 Å². The summed E-state index contributed by atoms with van der Waals surface area (Å²) in [5.74, 6) is -3.28. The van der Waals surface area contributed by atoms with Crippen molar-refractivity contribution in [3.05, 3.63) is 0 Å². The minimum absolute atomic E-state index is 0.0529. The Balaban J connectivity index is 2.63. The van der Waals surface area contributed by atoms with Crippen molar-refractivity contribution in [1.29, 1.82) is 0 Å². The maximum atomic E-state index is 11.7. The number of aliphatic carboxylic acids is 1. The molecule has 1 aliphatic heterocycles. The Morgan fingerprint density at radius 2 is 1.94 bits per heavy atom. The van der Waals surface area contributed by atoms with Gasteiger partial charge >= 0.3 is 5.97 Å². The minimum atomic E-state index is -3.07. The van der Waals surface area contributed by atoms with Crippen molar-refractivity contribution >= 4 is 21.7 Å². The van der Waals surface area contributed by atoms with Crippen molar-refractivity contribution < 1.29 is 23.1 Å². The largest absolute Gasteiger partial charge is 0.481 e. The molecule has 2 unspecified atom stereocenters. The Morgan fingerprint density at radius 1 is 1.35 bits per heavy atom. The van der Waals surface area contributed by atoms with E-state index in [1.165, 1.54) is 0 Å². The van der Waals surface area contributed by atoms with Crippen LogP contribution in [-0.2, 0) is 19.4 Å². The first-order valence-electron chi connectivity index (χ1n) is 5.46. The molecule has 98 valence electrons. The van der Waals surface area contributed by atoms with Crippen LogP contribution in [-0.4, -0.2) is 42.9 Å². The average Bonchev–Trinajstić information content (AvgIpc) is 2.43. The number of carboxylic acid groups (broad SMARTS) is 1. The first-order chi connectivity index (χ1) is 7.73. The highest BCUT2D eigenvalue weighted by atomic mass is 32.2. The van der Waals surface area contributed by atoms with Crippen molar-refractivity contribution in [2.24, 2.45) is 11.8 Å². The fourth-order valence-electron chi connectivity index (χ4n) is 1.90. The number of rotatable bonds is 4. The van der Waals surface area contributed by atoms with Crippen molar-refractivity contribution in [3.63, 3.8) is 0 Å². The second-order valence-electron chi connectivity index (χ2n) is 4.67. The summed E-state index contributed by atoms with van der Waals surface area (Å²) >= 11 is 0. The van der Waals surface area contributed by atoms with Crippen molar-refractivity contribution in [2.75, 3.05) is 11.5 Å². The molecule has 0 aliphatic carbocycles. The van der Waals surface area contributed by atoms with Gasteiger partial charge in [-0.15, -0.1) is 0 Å². The molecule has 17 heavy (non-hydrogen) atoms. The Labute approximate surface area is 100 Å². The van der Waals surface area contributed by atoms with Crippen LogP contribution in [0.25, 0.3) is 0 Å². The minimum Gasteiger partial charge on any atom is -0.481 e. The molecule has 1 amide bonds. The number of carboxylic acids is 1. The van der Waals surface area contributed by atoms with Crippen LogP contribution in [0.15, 0.2) is 0 Å². The summed E-state index contributed by atoms with van der Waals surface area (Å²) < 4.78 is 22.4. The summed E-state index contributed by atoms with van der Waals surface area (Å²) in [6.07, 6.45) is 0.360. The zero-order valence-electron chi connectivity index (χ0n) is 9.84. The molecule has 1 fully saturated rings. The second kappa shape index (κ2) is 5.03. The van der Waals surface area contributed by atoms with E-state index in [1.807, 2.05) is 0 Å². The summed E-state index contributed by atoms with van der Waals surface area (Å²) in [6, 6.07) is -0.451. The van der Waals surface area contributed by atoms with Crippen LogP contribution in [0.3, 0.4) is 0 Å². The number of carbonyl (C=O) groups excluding carboxylic acids is 1. The highest BCUT2D eigenvalue weighted by Gasteiger charge is 2.34. The third kappa shape index (κ3) is 3.69. The van der Waals surface area contributed by atoms with Crippen molar-refractivity contribution in [2.45, 2.75) is 26.3 Å². The molecule has 2 N–H and O–H groups in total. The molecule has 0 aromatic carbocycles. The van der Waals surface area contributed by atoms with Gasteiger partial charge in [-0.1, -0.05) is 13.8 Å². The number of hydrogen-bond donors (Lipinski definition) is 2. The lowest BCUT2D eigenvalue weighted by molar-refractivity contribution is -0.149. The van der Waals surface area contributed by atoms with E-state index >= 15 is 0 Å². The molecule has 0 spiro atoms. The van der Waals surface area contributed by atoms with E-state index in [0.29, 0.717) is 6.42 Å². The first kappa shape index (κ1) is 14.0. The van der Waals surface area contributed by atoms with Crippen LogP contribution >= 0.6 is 0 Å². The van der Waals surface area contributed by atoms with Crippen LogP contribution in [0.1, 0.15) is 20.3 Å². The summed E-state index contributed by atoms with van der Waals surface area (Å²) in [6.45, 7) is 3.29. The maximum absolute atomic E-state index is 11.7. The van der Waals surface area contributed by atoms with Gasteiger partial charge in [0.2, 0.25) is 5.91 Å². The maximum Gasteiger partial charge on any atom is 0.316 e. The monoisotopic (exact) mass is 263 g/mol. The van der Waals surface area contributed by atoms with Gasteiger partial charge in [0.1, 0.15) is 5.92 Å². The molecule has 2 atom stereocenters. The lowest BCUT2D eigenvalue weighted by Crippen LogP contribution is -2.44. The summed E-state index contributed by atoms with van der Waals surface area (Å²) in [7, 11) is -3.07. The Bertz CT molecular complexity index is 414. The van der Waals surface area contributed by atoms with E-state index in [9.17, 15) is 18.0 Å². The zero-order valence-corrected chi connectivity index (χ0v) is 10.7. The summed E-state index contributed by atoms with van der Waals surface area (Å²) in [5.41, 5.74) is 0. The van der Waals surface area contributed by atoms with Crippen LogP contribution in [0.4, 0.5) is 0 Å². The molecular formula is C10H17NO5S. The molecule has 6 nitrogen and oxygen atoms in total. The fraction of sp³-hybridized carbons (Fsp3) is 0.800. The fourth-order valence-corrected chi connectivity index (χ4v) is 3.57. The van der Waals surface area contributed by atoms with Crippen LogP contribution < -0.4 is 5.32 Å². The van der Waals surface area contributed by atoms with Crippen LogP contribution in [0, 0.1) is 11.8 Å². The van der Waals surface area contributed by atoms with Crippen LogP contribution in [0.5, 0.6) is 0 Å². The predicted molar refractivity (Wildman–Crippen MR) is 61.2 cm³/mol. The van der Waals surface area contributed by atoms with Gasteiger partial charge in [-0.2, -0.15) is 0 Å². The molecule has 0 bridgehead atoms. The molecule has 7 heteroatoms. The third-order valence-electron chi connectivity index (χ3n) is 2.79. The molecule has 0 aromatic heterocycles. The number of sulfone groups is 1. The summed E-state index contributed by atoms with van der Waals surface area (Å²) in [4.78, 5) is 22.6. The van der Waals surface area contributed by atoms with Gasteiger partial charge in [0.15, 0.2) is 9.84 Å². The van der Waals surface area contributed by atoms with E-state index in [-0.39, 0.29) is 17.4 Å². The molecule has 0 aromatic rings. The highest BCUT2D eigenvalue weighted by molar-refractivity contribution is 7.91. The van der Waals surface area contributed by atoms with E-state index < -0.39 is 33.7 Å². The first-order valence-corrected chi connectivity index (χ1v) is 7.28. The molecule has 1 heterocycles. The van der Waals surface area contributed by atoms with E-state index in [1.54, 1.807) is 13.8 Å². The Morgan fingerprint density at radius 3 is 2.29 bits per heavy atom. The number of carbonyl (C=O) groups is 2. The van der Waals surface area contributed by atoms with Crippen LogP contribution in [0.2, 0.25) is 0 Å². The van der Waals surface area contributed by atoms with E-state index in [0.717, 1.165) is 0 Å². The average molecular weight is 263 g/mol. The predicted octanol–water partition coefficient (Wildman–Crippen LogP) is -0.353. The summed E-state index contributed by atoms with van der Waals surface area (Å²) in [5, 5.41) is 11.4. The van der Waals surface area contributed by atoms with E-state index in [2.05, 4.69) is 5.32 Å². The lowest BCUT2D eigenvalue weighted by Gasteiger charge is -2.18. The smallest absolute Gasteiger partial charge is 0.316 e. The molecule has 1 saturated heterocycles. The quantitative estimate of drug-likeness (QED) is 0.675.